The van der Waals surface area contributed by atoms with E-state index in [-0.39, 0.29) is 12.5 Å². The molecule has 0 spiro atoms. The Hall–Kier alpha value is -1.79. The van der Waals surface area contributed by atoms with Crippen molar-refractivity contribution in [1.29, 1.82) is 0 Å². The lowest BCUT2D eigenvalue weighted by molar-refractivity contribution is 0.0949. The zero-order chi connectivity index (χ0) is 14.5. The van der Waals surface area contributed by atoms with Gasteiger partial charge in [0.1, 0.15) is 0 Å². The minimum absolute atomic E-state index is 0.0140. The molecule has 1 aromatic carbocycles. The van der Waals surface area contributed by atoms with Gasteiger partial charge in [0.25, 0.3) is 5.91 Å². The third kappa shape index (κ3) is 3.85. The molecule has 0 saturated heterocycles. The first-order valence-electron chi connectivity index (χ1n) is 7.16. The number of benzene rings is 1. The van der Waals surface area contributed by atoms with Crippen molar-refractivity contribution in [3.8, 4) is 11.8 Å². The molecule has 0 aromatic heterocycles. The predicted molar refractivity (Wildman–Crippen MR) is 79.4 cm³/mol. The number of aliphatic hydroxyl groups is 1. The van der Waals surface area contributed by atoms with Gasteiger partial charge in [-0.3, -0.25) is 4.79 Å². The molecule has 3 nitrogen and oxygen atoms in total. The fourth-order valence-electron chi connectivity index (χ4n) is 2.33. The number of aliphatic hydroxyl groups excluding tert-OH is 1. The molecule has 106 valence electrons. The number of carbonyl (C=O) groups is 1. The van der Waals surface area contributed by atoms with Crippen LogP contribution in [0.15, 0.2) is 18.2 Å². The van der Waals surface area contributed by atoms with Gasteiger partial charge in [0, 0.05) is 23.6 Å². The SMILES string of the molecule is CCC1CC1NC(=O)c1cc(C)cc(C#CCCO)c1. The molecule has 1 aromatic rings. The maximum Gasteiger partial charge on any atom is 0.251 e. The number of amides is 1. The van der Waals surface area contributed by atoms with Gasteiger partial charge in [0.2, 0.25) is 0 Å². The first-order valence-corrected chi connectivity index (χ1v) is 7.16. The van der Waals surface area contributed by atoms with E-state index in [1.54, 1.807) is 0 Å². The van der Waals surface area contributed by atoms with Gasteiger partial charge in [-0.1, -0.05) is 25.2 Å². The van der Waals surface area contributed by atoms with Crippen LogP contribution in [0.4, 0.5) is 0 Å². The van der Waals surface area contributed by atoms with E-state index in [1.165, 1.54) is 0 Å². The Morgan fingerprint density at radius 1 is 1.45 bits per heavy atom. The molecule has 1 saturated carbocycles. The molecular formula is C17H21NO2. The summed E-state index contributed by atoms with van der Waals surface area (Å²) in [5.74, 6) is 6.49. The Labute approximate surface area is 120 Å². The molecule has 2 N–H and O–H groups in total. The number of hydrogen-bond acceptors (Lipinski definition) is 2. The molecule has 0 heterocycles. The van der Waals surface area contributed by atoms with Gasteiger partial charge in [-0.05, 0) is 43.0 Å². The van der Waals surface area contributed by atoms with E-state index in [0.717, 1.165) is 24.0 Å². The summed E-state index contributed by atoms with van der Waals surface area (Å²) < 4.78 is 0. The zero-order valence-corrected chi connectivity index (χ0v) is 12.1. The van der Waals surface area contributed by atoms with Crippen molar-refractivity contribution < 1.29 is 9.90 Å². The summed E-state index contributed by atoms with van der Waals surface area (Å²) >= 11 is 0. The van der Waals surface area contributed by atoms with Crippen LogP contribution in [-0.4, -0.2) is 23.7 Å². The lowest BCUT2D eigenvalue weighted by atomic mass is 10.1. The molecular weight excluding hydrogens is 250 g/mol. The molecule has 1 amide bonds. The Morgan fingerprint density at radius 3 is 2.90 bits per heavy atom. The summed E-state index contributed by atoms with van der Waals surface area (Å²) in [6.07, 6.45) is 2.67. The highest BCUT2D eigenvalue weighted by molar-refractivity contribution is 5.95. The summed E-state index contributed by atoms with van der Waals surface area (Å²) in [5, 5.41) is 11.8. The van der Waals surface area contributed by atoms with Crippen LogP contribution in [0, 0.1) is 24.7 Å². The van der Waals surface area contributed by atoms with Gasteiger partial charge in [-0.25, -0.2) is 0 Å². The standard InChI is InChI=1S/C17H21NO2/c1-3-14-11-16(14)18-17(20)15-9-12(2)8-13(10-15)6-4-5-7-19/h8-10,14,16,19H,3,5,7,11H2,1-2H3,(H,18,20). The minimum Gasteiger partial charge on any atom is -0.395 e. The van der Waals surface area contributed by atoms with E-state index in [2.05, 4.69) is 24.1 Å². The van der Waals surface area contributed by atoms with Crippen LogP contribution in [0.25, 0.3) is 0 Å². The summed E-state index contributed by atoms with van der Waals surface area (Å²) in [5.41, 5.74) is 2.51. The van der Waals surface area contributed by atoms with E-state index in [0.29, 0.717) is 23.9 Å². The molecule has 2 unspecified atom stereocenters. The average Bonchev–Trinajstić information content (AvgIpc) is 3.16. The normalized spacial score (nSPS) is 19.9. The number of carbonyl (C=O) groups excluding carboxylic acids is 1. The van der Waals surface area contributed by atoms with Crippen molar-refractivity contribution in [3.05, 3.63) is 34.9 Å². The predicted octanol–water partition coefficient (Wildman–Crippen LogP) is 2.26. The number of hydrogen-bond donors (Lipinski definition) is 2. The quantitative estimate of drug-likeness (QED) is 0.825. The molecule has 2 atom stereocenters. The Bertz CT molecular complexity index is 554. The van der Waals surface area contributed by atoms with Crippen molar-refractivity contribution in [1.82, 2.24) is 5.32 Å². The third-order valence-electron chi connectivity index (χ3n) is 3.57. The Kier molecular flexibility index (Phi) is 4.81. The Balaban J connectivity index is 2.07. The van der Waals surface area contributed by atoms with E-state index >= 15 is 0 Å². The second kappa shape index (κ2) is 6.58. The van der Waals surface area contributed by atoms with Crippen molar-refractivity contribution in [2.24, 2.45) is 5.92 Å². The average molecular weight is 271 g/mol. The maximum absolute atomic E-state index is 12.2. The largest absolute Gasteiger partial charge is 0.395 e. The summed E-state index contributed by atoms with van der Waals surface area (Å²) in [7, 11) is 0. The first kappa shape index (κ1) is 14.6. The molecule has 1 aliphatic rings. The molecule has 3 heteroatoms. The van der Waals surface area contributed by atoms with Crippen LogP contribution in [0.1, 0.15) is 47.7 Å². The lowest BCUT2D eigenvalue weighted by Gasteiger charge is -2.06. The van der Waals surface area contributed by atoms with Crippen LogP contribution in [0.2, 0.25) is 0 Å². The summed E-state index contributed by atoms with van der Waals surface area (Å²) in [6, 6.07) is 6.00. The molecule has 20 heavy (non-hydrogen) atoms. The van der Waals surface area contributed by atoms with Crippen molar-refractivity contribution >= 4 is 5.91 Å². The molecule has 1 fully saturated rings. The van der Waals surface area contributed by atoms with Crippen molar-refractivity contribution in [3.63, 3.8) is 0 Å². The summed E-state index contributed by atoms with van der Waals surface area (Å²) in [6.45, 7) is 4.17. The van der Waals surface area contributed by atoms with Crippen molar-refractivity contribution in [2.75, 3.05) is 6.61 Å². The molecule has 2 rings (SSSR count). The third-order valence-corrected chi connectivity index (χ3v) is 3.57. The second-order valence-corrected chi connectivity index (χ2v) is 5.35. The van der Waals surface area contributed by atoms with E-state index in [9.17, 15) is 4.79 Å². The minimum atomic E-state index is -0.0140. The number of nitrogens with one attached hydrogen (secondary N) is 1. The maximum atomic E-state index is 12.2. The molecule has 1 aliphatic carbocycles. The second-order valence-electron chi connectivity index (χ2n) is 5.35. The zero-order valence-electron chi connectivity index (χ0n) is 12.1. The fraction of sp³-hybridized carbons (Fsp3) is 0.471. The van der Waals surface area contributed by atoms with Gasteiger partial charge >= 0.3 is 0 Å². The van der Waals surface area contributed by atoms with Crippen LogP contribution < -0.4 is 5.32 Å². The van der Waals surface area contributed by atoms with Crippen molar-refractivity contribution in [2.45, 2.75) is 39.2 Å². The lowest BCUT2D eigenvalue weighted by Crippen LogP contribution is -2.26. The monoisotopic (exact) mass is 271 g/mol. The van der Waals surface area contributed by atoms with Gasteiger partial charge in [-0.2, -0.15) is 0 Å². The topological polar surface area (TPSA) is 49.3 Å². The highest BCUT2D eigenvalue weighted by Crippen LogP contribution is 2.33. The van der Waals surface area contributed by atoms with E-state index < -0.39 is 0 Å². The van der Waals surface area contributed by atoms with E-state index in [1.807, 2.05) is 25.1 Å². The number of rotatable bonds is 4. The Morgan fingerprint density at radius 2 is 2.25 bits per heavy atom. The number of aryl methyl sites for hydroxylation is 1. The van der Waals surface area contributed by atoms with Crippen LogP contribution in [0.3, 0.4) is 0 Å². The first-order chi connectivity index (χ1) is 9.63. The van der Waals surface area contributed by atoms with Gasteiger partial charge in [-0.15, -0.1) is 0 Å². The molecule has 0 radical (unpaired) electrons. The highest BCUT2D eigenvalue weighted by Gasteiger charge is 2.36. The van der Waals surface area contributed by atoms with Gasteiger partial charge in [0.15, 0.2) is 0 Å². The molecule has 0 bridgehead atoms. The highest BCUT2D eigenvalue weighted by atomic mass is 16.2. The van der Waals surface area contributed by atoms with Gasteiger partial charge in [0.05, 0.1) is 6.61 Å². The van der Waals surface area contributed by atoms with E-state index in [4.69, 9.17) is 5.11 Å². The van der Waals surface area contributed by atoms with Gasteiger partial charge < -0.3 is 10.4 Å². The van der Waals surface area contributed by atoms with Crippen LogP contribution in [-0.2, 0) is 0 Å². The molecule has 0 aliphatic heterocycles. The summed E-state index contributed by atoms with van der Waals surface area (Å²) in [4.78, 5) is 12.2. The van der Waals surface area contributed by atoms with Crippen LogP contribution >= 0.6 is 0 Å². The smallest absolute Gasteiger partial charge is 0.251 e. The fourth-order valence-corrected chi connectivity index (χ4v) is 2.33. The van der Waals surface area contributed by atoms with Crippen LogP contribution in [0.5, 0.6) is 0 Å².